The predicted octanol–water partition coefficient (Wildman–Crippen LogP) is 0.997. The molecule has 7 nitrogen and oxygen atoms in total. The summed E-state index contributed by atoms with van der Waals surface area (Å²) in [5, 5.41) is 21.2. The molecule has 7 heteroatoms. The minimum Gasteiger partial charge on any atom is -0.379 e. The number of hydrogen-bond donors (Lipinski definition) is 2. The van der Waals surface area contributed by atoms with Gasteiger partial charge in [0.15, 0.2) is 0 Å². The molecular weight excluding hydrogens is 230 g/mol. The summed E-state index contributed by atoms with van der Waals surface area (Å²) >= 11 is 0. The molecule has 0 aliphatic rings. The molecule has 0 aliphatic heterocycles. The number of aromatic amines is 1. The maximum Gasteiger partial charge on any atom is 0.143 e. The van der Waals surface area contributed by atoms with Crippen LogP contribution in [0.1, 0.15) is 5.69 Å². The number of nitrogens with one attached hydrogen (secondary N) is 2. The molecule has 0 spiro atoms. The van der Waals surface area contributed by atoms with E-state index in [1.165, 1.54) is 0 Å². The summed E-state index contributed by atoms with van der Waals surface area (Å²) in [5.74, 6) is 0. The first kappa shape index (κ1) is 10.5. The van der Waals surface area contributed by atoms with Gasteiger partial charge in [-0.2, -0.15) is 5.10 Å². The van der Waals surface area contributed by atoms with Crippen molar-refractivity contribution in [2.75, 3.05) is 5.32 Å². The van der Waals surface area contributed by atoms with Crippen LogP contribution < -0.4 is 5.32 Å². The average molecular weight is 241 g/mol. The molecule has 2 aromatic heterocycles. The van der Waals surface area contributed by atoms with Crippen LogP contribution in [0.3, 0.4) is 0 Å². The Labute approximate surface area is 103 Å². The largest absolute Gasteiger partial charge is 0.379 e. The lowest BCUT2D eigenvalue weighted by Crippen LogP contribution is -2.01. The quantitative estimate of drug-likeness (QED) is 0.711. The molecule has 2 heterocycles. The standard InChI is InChI=1S/C11H11N7/c1-2-9(12-7-10-4-5-13-15-10)6-11(3-1)18-8-14-16-17-18/h1-6,8,12H,7H2,(H,13,15). The lowest BCUT2D eigenvalue weighted by atomic mass is 10.2. The van der Waals surface area contributed by atoms with Crippen molar-refractivity contribution in [3.63, 3.8) is 0 Å². The highest BCUT2D eigenvalue weighted by molar-refractivity contribution is 5.50. The summed E-state index contributed by atoms with van der Waals surface area (Å²) in [4.78, 5) is 0. The molecule has 0 aliphatic carbocycles. The van der Waals surface area contributed by atoms with Gasteiger partial charge in [0.25, 0.3) is 0 Å². The summed E-state index contributed by atoms with van der Waals surface area (Å²) < 4.78 is 1.61. The first-order valence-electron chi connectivity index (χ1n) is 5.47. The van der Waals surface area contributed by atoms with E-state index in [4.69, 9.17) is 0 Å². The number of hydrogen-bond acceptors (Lipinski definition) is 5. The van der Waals surface area contributed by atoms with Gasteiger partial charge in [0.2, 0.25) is 0 Å². The van der Waals surface area contributed by atoms with Gasteiger partial charge in [-0.15, -0.1) is 5.10 Å². The summed E-state index contributed by atoms with van der Waals surface area (Å²) in [7, 11) is 0. The second-order valence-corrected chi connectivity index (χ2v) is 3.74. The maximum atomic E-state index is 3.90. The second-order valence-electron chi connectivity index (χ2n) is 3.74. The van der Waals surface area contributed by atoms with Crippen molar-refractivity contribution in [2.24, 2.45) is 0 Å². The second kappa shape index (κ2) is 4.66. The summed E-state index contributed by atoms with van der Waals surface area (Å²) in [6, 6.07) is 9.79. The van der Waals surface area contributed by atoms with Crippen LogP contribution in [-0.4, -0.2) is 30.4 Å². The van der Waals surface area contributed by atoms with Crippen LogP contribution in [0.2, 0.25) is 0 Å². The Morgan fingerprint density at radius 2 is 2.28 bits per heavy atom. The van der Waals surface area contributed by atoms with Crippen LogP contribution in [0.4, 0.5) is 5.69 Å². The molecule has 0 unspecified atom stereocenters. The Kier molecular flexibility index (Phi) is 2.71. The SMILES string of the molecule is c1cc(NCc2ccn[nH]2)cc(-n2cnnn2)c1. The number of rotatable bonds is 4. The number of benzene rings is 1. The van der Waals surface area contributed by atoms with Crippen LogP contribution in [0.5, 0.6) is 0 Å². The van der Waals surface area contributed by atoms with Crippen LogP contribution in [0, 0.1) is 0 Å². The molecule has 0 radical (unpaired) electrons. The third-order valence-corrected chi connectivity index (χ3v) is 2.50. The highest BCUT2D eigenvalue weighted by atomic mass is 15.5. The predicted molar refractivity (Wildman–Crippen MR) is 65.1 cm³/mol. The van der Waals surface area contributed by atoms with Crippen LogP contribution in [0.15, 0.2) is 42.9 Å². The number of H-pyrrole nitrogens is 1. The maximum absolute atomic E-state index is 3.90. The number of nitrogens with zero attached hydrogens (tertiary/aromatic N) is 5. The van der Waals surface area contributed by atoms with E-state index in [0.29, 0.717) is 6.54 Å². The Bertz CT molecular complexity index is 600. The Morgan fingerprint density at radius 3 is 3.06 bits per heavy atom. The van der Waals surface area contributed by atoms with Crippen molar-refractivity contribution in [2.45, 2.75) is 6.54 Å². The Morgan fingerprint density at radius 1 is 1.28 bits per heavy atom. The van der Waals surface area contributed by atoms with Gasteiger partial charge < -0.3 is 5.32 Å². The van der Waals surface area contributed by atoms with Gasteiger partial charge in [0.1, 0.15) is 6.33 Å². The van der Waals surface area contributed by atoms with E-state index in [1.807, 2.05) is 30.3 Å². The molecule has 3 aromatic rings. The third-order valence-electron chi connectivity index (χ3n) is 2.50. The summed E-state index contributed by atoms with van der Waals surface area (Å²) in [5.41, 5.74) is 2.94. The molecule has 90 valence electrons. The average Bonchev–Trinajstić information content (AvgIpc) is 3.10. The summed E-state index contributed by atoms with van der Waals surface area (Å²) in [6.45, 7) is 0.694. The van der Waals surface area contributed by atoms with Gasteiger partial charge in [0, 0.05) is 11.9 Å². The highest BCUT2D eigenvalue weighted by Crippen LogP contribution is 2.13. The molecule has 18 heavy (non-hydrogen) atoms. The molecule has 0 saturated heterocycles. The van der Waals surface area contributed by atoms with Crippen LogP contribution >= 0.6 is 0 Å². The van der Waals surface area contributed by atoms with Gasteiger partial charge in [-0.05, 0) is 34.7 Å². The van der Waals surface area contributed by atoms with Crippen molar-refractivity contribution in [3.8, 4) is 5.69 Å². The molecule has 0 saturated carbocycles. The normalized spacial score (nSPS) is 10.4. The number of tetrazole rings is 1. The molecule has 0 bridgehead atoms. The molecule has 0 amide bonds. The van der Waals surface area contributed by atoms with Crippen molar-refractivity contribution in [3.05, 3.63) is 48.5 Å². The zero-order valence-electron chi connectivity index (χ0n) is 9.48. The minimum atomic E-state index is 0.694. The molecule has 3 rings (SSSR count). The fraction of sp³-hybridized carbons (Fsp3) is 0.0909. The van der Waals surface area contributed by atoms with E-state index in [1.54, 1.807) is 17.2 Å². The zero-order valence-corrected chi connectivity index (χ0v) is 9.48. The van der Waals surface area contributed by atoms with Gasteiger partial charge in [-0.25, -0.2) is 4.68 Å². The Hall–Kier alpha value is -2.70. The van der Waals surface area contributed by atoms with Crippen molar-refractivity contribution < 1.29 is 0 Å². The van der Waals surface area contributed by atoms with E-state index < -0.39 is 0 Å². The summed E-state index contributed by atoms with van der Waals surface area (Å²) in [6.07, 6.45) is 3.29. The smallest absolute Gasteiger partial charge is 0.143 e. The van der Waals surface area contributed by atoms with Gasteiger partial charge in [0.05, 0.1) is 17.9 Å². The van der Waals surface area contributed by atoms with E-state index in [9.17, 15) is 0 Å². The highest BCUT2D eigenvalue weighted by Gasteiger charge is 2.00. The first-order valence-corrected chi connectivity index (χ1v) is 5.47. The number of aromatic nitrogens is 6. The monoisotopic (exact) mass is 241 g/mol. The first-order chi connectivity index (χ1) is 8.92. The van der Waals surface area contributed by atoms with Gasteiger partial charge in [-0.1, -0.05) is 6.07 Å². The fourth-order valence-electron chi connectivity index (χ4n) is 1.62. The molecule has 0 fully saturated rings. The van der Waals surface area contributed by atoms with Crippen molar-refractivity contribution in [1.82, 2.24) is 30.4 Å². The topological polar surface area (TPSA) is 84.3 Å². The van der Waals surface area contributed by atoms with Crippen LogP contribution in [-0.2, 0) is 6.54 Å². The van der Waals surface area contributed by atoms with Crippen molar-refractivity contribution >= 4 is 5.69 Å². The van der Waals surface area contributed by atoms with Gasteiger partial charge in [-0.3, -0.25) is 5.10 Å². The van der Waals surface area contributed by atoms with E-state index in [2.05, 4.69) is 31.0 Å². The lowest BCUT2D eigenvalue weighted by molar-refractivity contribution is 0.789. The molecule has 0 atom stereocenters. The van der Waals surface area contributed by atoms with Crippen molar-refractivity contribution in [1.29, 1.82) is 0 Å². The molecule has 1 aromatic carbocycles. The van der Waals surface area contributed by atoms with E-state index in [-0.39, 0.29) is 0 Å². The zero-order chi connectivity index (χ0) is 12.2. The fourth-order valence-corrected chi connectivity index (χ4v) is 1.62. The van der Waals surface area contributed by atoms with E-state index >= 15 is 0 Å². The Balaban J connectivity index is 1.75. The third kappa shape index (κ3) is 2.19. The van der Waals surface area contributed by atoms with Crippen LogP contribution in [0.25, 0.3) is 5.69 Å². The minimum absolute atomic E-state index is 0.694. The molecule has 2 N–H and O–H groups in total. The lowest BCUT2D eigenvalue weighted by Gasteiger charge is -2.06. The van der Waals surface area contributed by atoms with E-state index in [0.717, 1.165) is 17.1 Å². The molecular formula is C11H11N7. The van der Waals surface area contributed by atoms with Gasteiger partial charge >= 0.3 is 0 Å². The number of anilines is 1.